The molecule has 0 N–H and O–H groups in total. The van der Waals surface area contributed by atoms with Crippen molar-refractivity contribution in [3.63, 3.8) is 0 Å². The summed E-state index contributed by atoms with van der Waals surface area (Å²) < 4.78 is 1.04. The van der Waals surface area contributed by atoms with E-state index in [-0.39, 0.29) is 0 Å². The molecule has 0 saturated heterocycles. The Kier molecular flexibility index (Phi) is 3.73. The van der Waals surface area contributed by atoms with Crippen LogP contribution in [0.25, 0.3) is 11.1 Å². The third kappa shape index (κ3) is 2.48. The largest absolute Gasteiger partial charge is 0.104 e. The summed E-state index contributed by atoms with van der Waals surface area (Å²) in [6, 6.07) is 17.3. The molecule has 18 heavy (non-hydrogen) atoms. The van der Waals surface area contributed by atoms with Crippen molar-refractivity contribution >= 4 is 39.3 Å². The molecule has 1 aliphatic heterocycles. The van der Waals surface area contributed by atoms with Crippen LogP contribution >= 0.6 is 35.7 Å². The fourth-order valence-electron chi connectivity index (χ4n) is 2.13. The minimum absolute atomic E-state index is 0.969. The van der Waals surface area contributed by atoms with Crippen molar-refractivity contribution in [3.8, 4) is 11.1 Å². The maximum atomic E-state index is 5.40. The first-order chi connectivity index (χ1) is 8.84. The molecule has 0 spiro atoms. The third-order valence-electron chi connectivity index (χ3n) is 3.02. The molecular formula is C15H12S3. The summed E-state index contributed by atoms with van der Waals surface area (Å²) in [5.41, 5.74) is 5.46. The maximum Gasteiger partial charge on any atom is 0.104 e. The summed E-state index contributed by atoms with van der Waals surface area (Å²) in [5, 5.41) is 0. The predicted octanol–water partition coefficient (Wildman–Crippen LogP) is 5.12. The average molecular weight is 288 g/mol. The van der Waals surface area contributed by atoms with Crippen molar-refractivity contribution in [3.05, 3.63) is 59.7 Å². The fourth-order valence-corrected chi connectivity index (χ4v) is 4.22. The first-order valence-corrected chi connectivity index (χ1v) is 8.18. The van der Waals surface area contributed by atoms with E-state index < -0.39 is 0 Å². The molecule has 3 rings (SSSR count). The molecule has 0 aliphatic carbocycles. The SMILES string of the molecule is S=C1SCc2ccccc2-c2ccccc2CS1. The van der Waals surface area contributed by atoms with Crippen LogP contribution in [0.15, 0.2) is 48.5 Å². The fraction of sp³-hybridized carbons (Fsp3) is 0.133. The van der Waals surface area contributed by atoms with E-state index in [2.05, 4.69) is 48.5 Å². The van der Waals surface area contributed by atoms with E-state index in [9.17, 15) is 0 Å². The molecule has 2 aromatic rings. The van der Waals surface area contributed by atoms with Crippen molar-refractivity contribution in [2.24, 2.45) is 0 Å². The zero-order valence-electron chi connectivity index (χ0n) is 9.76. The lowest BCUT2D eigenvalue weighted by molar-refractivity contribution is 1.37. The number of benzene rings is 2. The minimum Gasteiger partial charge on any atom is -0.103 e. The van der Waals surface area contributed by atoms with Crippen LogP contribution in [-0.2, 0) is 11.5 Å². The van der Waals surface area contributed by atoms with Gasteiger partial charge in [-0.2, -0.15) is 0 Å². The van der Waals surface area contributed by atoms with Gasteiger partial charge in [0.2, 0.25) is 0 Å². The lowest BCUT2D eigenvalue weighted by Gasteiger charge is -2.11. The van der Waals surface area contributed by atoms with Gasteiger partial charge in [0.25, 0.3) is 0 Å². The monoisotopic (exact) mass is 288 g/mol. The molecule has 0 saturated carbocycles. The van der Waals surface area contributed by atoms with E-state index in [1.165, 1.54) is 22.3 Å². The van der Waals surface area contributed by atoms with Crippen LogP contribution in [0.3, 0.4) is 0 Å². The topological polar surface area (TPSA) is 0 Å². The first kappa shape index (κ1) is 12.3. The van der Waals surface area contributed by atoms with Crippen LogP contribution in [0.4, 0.5) is 0 Å². The summed E-state index contributed by atoms with van der Waals surface area (Å²) in [6.07, 6.45) is 0. The Balaban J connectivity index is 2.18. The lowest BCUT2D eigenvalue weighted by atomic mass is 9.97. The molecule has 0 atom stereocenters. The average Bonchev–Trinajstić information content (AvgIpc) is 2.49. The molecule has 1 aliphatic rings. The zero-order chi connectivity index (χ0) is 12.4. The molecule has 0 fully saturated rings. The Morgan fingerprint density at radius 1 is 0.722 bits per heavy atom. The Morgan fingerprint density at radius 2 is 1.17 bits per heavy atom. The molecule has 2 aromatic carbocycles. The van der Waals surface area contributed by atoms with Crippen molar-refractivity contribution in [2.45, 2.75) is 11.5 Å². The molecule has 90 valence electrons. The summed E-state index contributed by atoms with van der Waals surface area (Å²) in [4.78, 5) is 0. The number of thioether (sulfide) groups is 2. The van der Waals surface area contributed by atoms with Gasteiger partial charge in [0.1, 0.15) is 3.53 Å². The second-order valence-corrected chi connectivity index (χ2v) is 7.30. The normalized spacial score (nSPS) is 15.0. The van der Waals surface area contributed by atoms with Gasteiger partial charge in [-0.15, -0.1) is 23.5 Å². The first-order valence-electron chi connectivity index (χ1n) is 5.80. The molecule has 0 unspecified atom stereocenters. The van der Waals surface area contributed by atoms with Crippen LogP contribution in [0.5, 0.6) is 0 Å². The van der Waals surface area contributed by atoms with Gasteiger partial charge in [-0.25, -0.2) is 0 Å². The molecule has 0 radical (unpaired) electrons. The summed E-state index contributed by atoms with van der Waals surface area (Å²) >= 11 is 8.94. The summed E-state index contributed by atoms with van der Waals surface area (Å²) in [5.74, 6) is 1.94. The number of hydrogen-bond acceptors (Lipinski definition) is 3. The van der Waals surface area contributed by atoms with Crippen molar-refractivity contribution in [1.82, 2.24) is 0 Å². The van der Waals surface area contributed by atoms with Crippen LogP contribution in [0.1, 0.15) is 11.1 Å². The maximum absolute atomic E-state index is 5.40. The Morgan fingerprint density at radius 3 is 1.67 bits per heavy atom. The number of rotatable bonds is 0. The number of fused-ring (bicyclic) bond motifs is 3. The van der Waals surface area contributed by atoms with E-state index in [1.807, 2.05) is 0 Å². The van der Waals surface area contributed by atoms with Gasteiger partial charge in [0, 0.05) is 11.5 Å². The van der Waals surface area contributed by atoms with Crippen LogP contribution in [0.2, 0.25) is 0 Å². The minimum atomic E-state index is 0.969. The lowest BCUT2D eigenvalue weighted by Crippen LogP contribution is -1.90. The van der Waals surface area contributed by atoms with Crippen LogP contribution in [0, 0.1) is 0 Å². The van der Waals surface area contributed by atoms with Crippen LogP contribution in [-0.4, -0.2) is 3.53 Å². The van der Waals surface area contributed by atoms with Gasteiger partial charge < -0.3 is 0 Å². The summed E-state index contributed by atoms with van der Waals surface area (Å²) in [6.45, 7) is 0. The Labute approximate surface area is 121 Å². The smallest absolute Gasteiger partial charge is 0.103 e. The van der Waals surface area contributed by atoms with E-state index in [1.54, 1.807) is 23.5 Å². The highest BCUT2D eigenvalue weighted by Crippen LogP contribution is 2.36. The second kappa shape index (κ2) is 5.47. The van der Waals surface area contributed by atoms with E-state index >= 15 is 0 Å². The molecular weight excluding hydrogens is 276 g/mol. The molecule has 3 heteroatoms. The highest BCUT2D eigenvalue weighted by Gasteiger charge is 2.13. The van der Waals surface area contributed by atoms with Crippen molar-refractivity contribution in [1.29, 1.82) is 0 Å². The highest BCUT2D eigenvalue weighted by atomic mass is 32.2. The van der Waals surface area contributed by atoms with E-state index in [0.717, 1.165) is 15.0 Å². The van der Waals surface area contributed by atoms with Gasteiger partial charge in [0.05, 0.1) is 0 Å². The second-order valence-electron chi connectivity index (χ2n) is 4.14. The Bertz CT molecular complexity index is 538. The van der Waals surface area contributed by atoms with E-state index in [4.69, 9.17) is 12.2 Å². The van der Waals surface area contributed by atoms with Gasteiger partial charge in [-0.3, -0.25) is 0 Å². The predicted molar refractivity (Wildman–Crippen MR) is 87.1 cm³/mol. The van der Waals surface area contributed by atoms with Crippen LogP contribution < -0.4 is 0 Å². The molecule has 0 aromatic heterocycles. The van der Waals surface area contributed by atoms with Gasteiger partial charge in [-0.05, 0) is 22.3 Å². The molecule has 0 nitrogen and oxygen atoms in total. The van der Waals surface area contributed by atoms with Gasteiger partial charge in [0.15, 0.2) is 0 Å². The molecule has 1 heterocycles. The van der Waals surface area contributed by atoms with E-state index in [0.29, 0.717) is 0 Å². The Hall–Kier alpha value is -0.770. The van der Waals surface area contributed by atoms with Gasteiger partial charge >= 0.3 is 0 Å². The molecule has 0 amide bonds. The third-order valence-corrected chi connectivity index (χ3v) is 5.81. The molecule has 0 bridgehead atoms. The van der Waals surface area contributed by atoms with Gasteiger partial charge in [-0.1, -0.05) is 60.7 Å². The number of hydrogen-bond donors (Lipinski definition) is 0. The highest BCUT2D eigenvalue weighted by molar-refractivity contribution is 8.46. The standard InChI is InChI=1S/C15H12S3/c16-15-17-9-11-5-1-3-7-13(11)14-8-4-2-6-12(14)10-18-15/h1-8H,9-10H2. The quantitative estimate of drug-likeness (QED) is 0.618. The van der Waals surface area contributed by atoms with Crippen molar-refractivity contribution in [2.75, 3.05) is 0 Å². The van der Waals surface area contributed by atoms with Crippen molar-refractivity contribution < 1.29 is 0 Å². The summed E-state index contributed by atoms with van der Waals surface area (Å²) in [7, 11) is 0. The number of thiocarbonyl (C=S) groups is 1. The zero-order valence-corrected chi connectivity index (χ0v) is 12.2.